The zero-order valence-corrected chi connectivity index (χ0v) is 20.3. The lowest BCUT2D eigenvalue weighted by molar-refractivity contribution is 0.308. The number of anilines is 1. The van der Waals surface area contributed by atoms with Gasteiger partial charge >= 0.3 is 0 Å². The van der Waals surface area contributed by atoms with Gasteiger partial charge in [0.2, 0.25) is 10.0 Å². The van der Waals surface area contributed by atoms with Gasteiger partial charge in [0.1, 0.15) is 12.4 Å². The van der Waals surface area contributed by atoms with E-state index in [2.05, 4.69) is 18.6 Å². The summed E-state index contributed by atoms with van der Waals surface area (Å²) in [6.45, 7) is 8.32. The van der Waals surface area contributed by atoms with Crippen molar-refractivity contribution in [1.29, 1.82) is 0 Å². The van der Waals surface area contributed by atoms with E-state index in [0.717, 1.165) is 17.4 Å². The first-order valence-corrected chi connectivity index (χ1v) is 14.9. The van der Waals surface area contributed by atoms with E-state index in [1.807, 2.05) is 49.5 Å². The fourth-order valence-corrected chi connectivity index (χ4v) is 4.45. The monoisotopic (exact) mass is 445 g/mol. The van der Waals surface area contributed by atoms with E-state index >= 15 is 0 Å². The van der Waals surface area contributed by atoms with Gasteiger partial charge in [-0.05, 0) is 53.7 Å². The number of sulfonamides is 1. The largest absolute Gasteiger partial charge is 0.487 e. The summed E-state index contributed by atoms with van der Waals surface area (Å²) in [5, 5.41) is -0.246. The first kappa shape index (κ1) is 24.5. The number of hydrogen-bond donors (Lipinski definition) is 2. The molecule has 2 radical (unpaired) electrons. The van der Waals surface area contributed by atoms with Crippen molar-refractivity contribution in [3.63, 3.8) is 0 Å². The Morgan fingerprint density at radius 2 is 1.80 bits per heavy atom. The van der Waals surface area contributed by atoms with Gasteiger partial charge < -0.3 is 9.53 Å². The summed E-state index contributed by atoms with van der Waals surface area (Å²) in [6.07, 6.45) is 2.22. The van der Waals surface area contributed by atoms with Crippen LogP contribution < -0.4 is 9.46 Å². The Balaban J connectivity index is 2.33. The summed E-state index contributed by atoms with van der Waals surface area (Å²) in [7, 11) is 0.183. The van der Waals surface area contributed by atoms with Crippen LogP contribution in [0.3, 0.4) is 0 Å². The molecule has 0 saturated carbocycles. The molecule has 0 unspecified atom stereocenters. The lowest BCUT2D eigenvalue weighted by Crippen LogP contribution is -2.39. The van der Waals surface area contributed by atoms with Crippen LogP contribution in [0.1, 0.15) is 37.3 Å². The number of nitrogens with one attached hydrogen (secondary N) is 1. The molecule has 0 aromatic heterocycles. The molecule has 0 aliphatic rings. The average molecular weight is 445 g/mol. The molecule has 0 aliphatic heterocycles. The second-order valence-corrected chi connectivity index (χ2v) is 15.2. The zero-order valence-electron chi connectivity index (χ0n) is 18.5. The molecular weight excluding hydrogens is 413 g/mol. The van der Waals surface area contributed by atoms with Crippen LogP contribution in [0.25, 0.3) is 0 Å². The molecule has 2 N–H and O–H groups in total. The Hall–Kier alpha value is -1.77. The topological polar surface area (TPSA) is 75.6 Å². The van der Waals surface area contributed by atoms with Gasteiger partial charge in [0.25, 0.3) is 0 Å². The van der Waals surface area contributed by atoms with Crippen LogP contribution in [0.15, 0.2) is 48.5 Å². The van der Waals surface area contributed by atoms with Crippen LogP contribution in [0, 0.1) is 0 Å². The fraction of sp³-hybridized carbons (Fsp3) is 0.455. The molecule has 0 heterocycles. The van der Waals surface area contributed by atoms with Crippen molar-refractivity contribution in [2.24, 2.45) is 0 Å². The summed E-state index contributed by atoms with van der Waals surface area (Å²) < 4.78 is 32.3. The SMILES string of the molecule is [B]C[C@H](CC(C)(C)[Si](C)(C)O)c1ccc(OCc2ccccc2)c(NS(C)(=O)=O)c1. The summed E-state index contributed by atoms with van der Waals surface area (Å²) in [5.41, 5.74) is 2.30. The van der Waals surface area contributed by atoms with Crippen molar-refractivity contribution >= 4 is 31.9 Å². The Labute approximate surface area is 183 Å². The third-order valence-corrected chi connectivity index (χ3v) is 9.81. The van der Waals surface area contributed by atoms with Crippen molar-refractivity contribution in [1.82, 2.24) is 0 Å². The van der Waals surface area contributed by atoms with Gasteiger partial charge in [-0.1, -0.05) is 56.6 Å². The van der Waals surface area contributed by atoms with Crippen molar-refractivity contribution in [3.8, 4) is 5.75 Å². The summed E-state index contributed by atoms with van der Waals surface area (Å²) in [5.74, 6) is 0.446. The fourth-order valence-electron chi connectivity index (χ4n) is 3.15. The standard InChI is InChI=1S/C22H32BNO4SSi/c1-22(2,30(4,5)27)14-19(15-23)18-11-12-21(20(13-18)24-29(3,25)26)28-16-17-9-7-6-8-10-17/h6-13,19,24,27H,14-16H2,1-5H3/t19-/m0/s1. The Bertz CT molecular complexity index is 943. The maximum absolute atomic E-state index is 11.9. The van der Waals surface area contributed by atoms with Crippen LogP contribution in [0.5, 0.6) is 5.75 Å². The highest BCUT2D eigenvalue weighted by Crippen LogP contribution is 2.45. The second kappa shape index (κ2) is 9.58. The van der Waals surface area contributed by atoms with Crippen molar-refractivity contribution in [2.75, 3.05) is 11.0 Å². The lowest BCUT2D eigenvalue weighted by atomic mass is 9.80. The lowest BCUT2D eigenvalue weighted by Gasteiger charge is -2.38. The van der Waals surface area contributed by atoms with Crippen LogP contribution >= 0.6 is 0 Å². The molecule has 0 aliphatic carbocycles. The number of ether oxygens (including phenoxy) is 1. The molecule has 2 aromatic rings. The smallest absolute Gasteiger partial charge is 0.229 e. The minimum Gasteiger partial charge on any atom is -0.487 e. The third kappa shape index (κ3) is 6.89. The first-order valence-electron chi connectivity index (χ1n) is 10.0. The van der Waals surface area contributed by atoms with Crippen LogP contribution in [0.2, 0.25) is 24.5 Å². The highest BCUT2D eigenvalue weighted by Gasteiger charge is 2.39. The van der Waals surface area contributed by atoms with Crippen molar-refractivity contribution in [3.05, 3.63) is 59.7 Å². The molecule has 2 aromatic carbocycles. The van der Waals surface area contributed by atoms with E-state index in [-0.39, 0.29) is 11.0 Å². The average Bonchev–Trinajstić information content (AvgIpc) is 2.63. The molecule has 0 amide bonds. The molecule has 0 bridgehead atoms. The molecular formula is C22H32BNO4SSi. The summed E-state index contributed by atoms with van der Waals surface area (Å²) in [6, 6.07) is 15.2. The number of benzene rings is 2. The van der Waals surface area contributed by atoms with Gasteiger partial charge in [-0.2, -0.15) is 0 Å². The van der Waals surface area contributed by atoms with E-state index in [9.17, 15) is 13.2 Å². The molecule has 30 heavy (non-hydrogen) atoms. The van der Waals surface area contributed by atoms with Gasteiger partial charge in [-0.15, -0.1) is 0 Å². The maximum Gasteiger partial charge on any atom is 0.229 e. The molecule has 0 saturated heterocycles. The maximum atomic E-state index is 11.9. The zero-order chi connectivity index (χ0) is 22.6. The van der Waals surface area contributed by atoms with Crippen LogP contribution in [-0.2, 0) is 16.6 Å². The minimum atomic E-state index is -3.48. The van der Waals surface area contributed by atoms with Gasteiger partial charge in [0.15, 0.2) is 8.32 Å². The quantitative estimate of drug-likeness (QED) is 0.521. The van der Waals surface area contributed by atoms with Gasteiger partial charge in [-0.25, -0.2) is 8.42 Å². The molecule has 5 nitrogen and oxygen atoms in total. The highest BCUT2D eigenvalue weighted by molar-refractivity contribution is 7.92. The molecule has 0 fully saturated rings. The second-order valence-electron chi connectivity index (χ2n) is 8.98. The van der Waals surface area contributed by atoms with Gasteiger partial charge in [0, 0.05) is 0 Å². The van der Waals surface area contributed by atoms with Crippen LogP contribution in [0.4, 0.5) is 5.69 Å². The predicted octanol–water partition coefficient (Wildman–Crippen LogP) is 4.68. The van der Waals surface area contributed by atoms with Crippen molar-refractivity contribution < 1.29 is 18.0 Å². The van der Waals surface area contributed by atoms with E-state index in [4.69, 9.17) is 12.6 Å². The van der Waals surface area contributed by atoms with E-state index in [1.165, 1.54) is 0 Å². The molecule has 0 spiro atoms. The highest BCUT2D eigenvalue weighted by atomic mass is 32.2. The van der Waals surface area contributed by atoms with E-state index in [0.29, 0.717) is 30.8 Å². The van der Waals surface area contributed by atoms with Crippen molar-refractivity contribution in [2.45, 2.75) is 57.2 Å². The Kier molecular flexibility index (Phi) is 7.82. The first-order chi connectivity index (χ1) is 13.8. The molecule has 162 valence electrons. The van der Waals surface area contributed by atoms with E-state index < -0.39 is 18.3 Å². The predicted molar refractivity (Wildman–Crippen MR) is 127 cm³/mol. The molecule has 2 rings (SSSR count). The molecule has 8 heteroatoms. The third-order valence-electron chi connectivity index (χ3n) is 5.70. The Morgan fingerprint density at radius 1 is 1.17 bits per heavy atom. The minimum absolute atomic E-state index is 0.0118. The Morgan fingerprint density at radius 3 is 2.33 bits per heavy atom. The molecule has 1 atom stereocenters. The van der Waals surface area contributed by atoms with Gasteiger partial charge in [-0.3, -0.25) is 4.72 Å². The van der Waals surface area contributed by atoms with E-state index in [1.54, 1.807) is 12.1 Å². The van der Waals surface area contributed by atoms with Gasteiger partial charge in [0.05, 0.1) is 19.8 Å². The summed E-state index contributed by atoms with van der Waals surface area (Å²) in [4.78, 5) is 10.7. The number of hydrogen-bond acceptors (Lipinski definition) is 4. The number of rotatable bonds is 10. The summed E-state index contributed by atoms with van der Waals surface area (Å²) >= 11 is 0. The van der Waals surface area contributed by atoms with Crippen LogP contribution in [-0.4, -0.2) is 35.6 Å². The normalized spacial score (nSPS) is 13.7.